The number of nitrogens with two attached hydrogens (primary N) is 1. The number of hydrogen-bond acceptors (Lipinski definition) is 4. The summed E-state index contributed by atoms with van der Waals surface area (Å²) < 4.78 is 0.257. The number of aliphatic hydroxyl groups excluding tert-OH is 1. The molecule has 0 bridgehead atoms. The largest absolute Gasteiger partial charge is 0.384 e. The predicted molar refractivity (Wildman–Crippen MR) is 122 cm³/mol. The van der Waals surface area contributed by atoms with Crippen molar-refractivity contribution in [1.82, 2.24) is 9.38 Å². The fourth-order valence-corrected chi connectivity index (χ4v) is 3.84. The van der Waals surface area contributed by atoms with Crippen LogP contribution in [0.1, 0.15) is 21.5 Å². The maximum Gasteiger partial charge on any atom is 0.258 e. The van der Waals surface area contributed by atoms with Crippen LogP contribution in [0.4, 0.5) is 5.69 Å². The van der Waals surface area contributed by atoms with E-state index in [1.807, 2.05) is 50.5 Å². The van der Waals surface area contributed by atoms with Crippen LogP contribution in [0.25, 0.3) is 0 Å². The lowest BCUT2D eigenvalue weighted by Gasteiger charge is -2.39. The van der Waals surface area contributed by atoms with E-state index in [1.54, 1.807) is 12.3 Å². The van der Waals surface area contributed by atoms with E-state index in [-0.39, 0.29) is 16.7 Å². The summed E-state index contributed by atoms with van der Waals surface area (Å²) in [5.41, 5.74) is 8.33. The molecule has 1 atom stereocenters. The normalized spacial score (nSPS) is 17.6. The molecule has 0 aromatic heterocycles. The number of quaternary nitrogens is 1. The van der Waals surface area contributed by atoms with Gasteiger partial charge in [-0.25, -0.2) is 0 Å². The van der Waals surface area contributed by atoms with Gasteiger partial charge in [0, 0.05) is 28.8 Å². The van der Waals surface area contributed by atoms with Crippen LogP contribution < -0.4 is 10.2 Å². The third-order valence-electron chi connectivity index (χ3n) is 5.24. The van der Waals surface area contributed by atoms with E-state index in [0.717, 1.165) is 17.8 Å². The minimum Gasteiger partial charge on any atom is -0.384 e. The highest BCUT2D eigenvalue weighted by Crippen LogP contribution is 2.37. The van der Waals surface area contributed by atoms with Crippen LogP contribution in [-0.4, -0.2) is 55.5 Å². The molecule has 2 aromatic rings. The zero-order valence-electron chi connectivity index (χ0n) is 17.6. The highest BCUT2D eigenvalue weighted by Gasteiger charge is 2.41. The Labute approximate surface area is 187 Å². The molecule has 7 heteroatoms. The molecule has 0 spiro atoms. The van der Waals surface area contributed by atoms with E-state index in [2.05, 4.69) is 16.7 Å². The number of likely N-dealkylation sites (N-methyl/N-ethyl adjacent to an activating group) is 1. The first kappa shape index (κ1) is 22.7. The first-order valence-corrected chi connectivity index (χ1v) is 10.2. The Bertz CT molecular complexity index is 1100. The number of carbonyl (C=O) groups excluding carboxylic acids is 2. The Hall–Kier alpha value is -2.95. The fraction of sp³-hybridized carbons (Fsp3) is 0.250. The number of carbonyl (C=O) groups is 2. The van der Waals surface area contributed by atoms with Gasteiger partial charge in [-0.1, -0.05) is 35.6 Å². The SMILES string of the molecule is CN(C)CC[N+]1(Cc2ccc(Cl)cc2)C=C(C(N)=O)C(=O)c2cc(C#CCO)ccc21. The predicted octanol–water partition coefficient (Wildman–Crippen LogP) is 2.32. The highest BCUT2D eigenvalue weighted by molar-refractivity contribution is 6.30. The van der Waals surface area contributed by atoms with Crippen LogP contribution in [0, 0.1) is 11.8 Å². The number of primary amides is 1. The number of halogens is 1. The van der Waals surface area contributed by atoms with Gasteiger partial charge in [-0.3, -0.25) is 14.1 Å². The van der Waals surface area contributed by atoms with Gasteiger partial charge in [0.2, 0.25) is 5.78 Å². The van der Waals surface area contributed by atoms with Crippen LogP contribution in [0.3, 0.4) is 0 Å². The lowest BCUT2D eigenvalue weighted by molar-refractivity contribution is -0.114. The number of benzene rings is 2. The van der Waals surface area contributed by atoms with Gasteiger partial charge < -0.3 is 15.7 Å². The molecule has 1 amide bonds. The molecule has 1 aliphatic rings. The number of fused-ring (bicyclic) bond motifs is 1. The van der Waals surface area contributed by atoms with Crippen molar-refractivity contribution >= 4 is 29.0 Å². The smallest absolute Gasteiger partial charge is 0.258 e. The number of nitrogens with zero attached hydrogens (tertiary/aromatic N) is 2. The fourth-order valence-electron chi connectivity index (χ4n) is 3.71. The van der Waals surface area contributed by atoms with Crippen LogP contribution >= 0.6 is 11.6 Å². The van der Waals surface area contributed by atoms with Crippen molar-refractivity contribution in [3.05, 3.63) is 76.0 Å². The maximum atomic E-state index is 13.1. The molecule has 1 unspecified atom stereocenters. The second-order valence-corrected chi connectivity index (χ2v) is 8.21. The highest BCUT2D eigenvalue weighted by atomic mass is 35.5. The minimum atomic E-state index is -0.758. The van der Waals surface area contributed by atoms with E-state index in [1.165, 1.54) is 0 Å². The van der Waals surface area contributed by atoms with E-state index in [0.29, 0.717) is 29.2 Å². The topological polar surface area (TPSA) is 83.6 Å². The van der Waals surface area contributed by atoms with Gasteiger partial charge >= 0.3 is 0 Å². The molecule has 6 nitrogen and oxygen atoms in total. The van der Waals surface area contributed by atoms with Crippen molar-refractivity contribution in [2.75, 3.05) is 33.8 Å². The summed E-state index contributed by atoms with van der Waals surface area (Å²) in [6.07, 6.45) is 1.68. The van der Waals surface area contributed by atoms with E-state index in [4.69, 9.17) is 22.4 Å². The lowest BCUT2D eigenvalue weighted by Crippen LogP contribution is -2.51. The van der Waals surface area contributed by atoms with E-state index >= 15 is 0 Å². The zero-order valence-corrected chi connectivity index (χ0v) is 18.3. The Morgan fingerprint density at radius 1 is 1.19 bits per heavy atom. The van der Waals surface area contributed by atoms with Crippen LogP contribution in [0.15, 0.2) is 54.2 Å². The van der Waals surface area contributed by atoms with Gasteiger partial charge in [0.15, 0.2) is 0 Å². The average molecular weight is 439 g/mol. The minimum absolute atomic E-state index is 0.0347. The Morgan fingerprint density at radius 2 is 1.90 bits per heavy atom. The standard InChI is InChI=1S/C24H24ClN3O3/c1-27(2)11-12-28(15-18-5-8-19(25)9-6-18)16-21(24(26)31)23(30)20-14-17(4-3-13-29)7-10-22(20)28/h5-10,14,16,29H,11-13,15H2,1-2H3,(H-,26,31)/p+1. The Morgan fingerprint density at radius 3 is 2.52 bits per heavy atom. The van der Waals surface area contributed by atoms with Crippen molar-refractivity contribution in [3.8, 4) is 11.8 Å². The molecule has 0 aliphatic carbocycles. The maximum absolute atomic E-state index is 13.1. The Balaban J connectivity index is 2.21. The van der Waals surface area contributed by atoms with Crippen molar-refractivity contribution in [1.29, 1.82) is 0 Å². The molecular formula is C24H25ClN3O3+. The molecule has 31 heavy (non-hydrogen) atoms. The summed E-state index contributed by atoms with van der Waals surface area (Å²) in [5, 5.41) is 9.63. The first-order chi connectivity index (χ1) is 14.8. The summed E-state index contributed by atoms with van der Waals surface area (Å²) >= 11 is 6.06. The summed E-state index contributed by atoms with van der Waals surface area (Å²) in [6, 6.07) is 12.9. The first-order valence-electron chi connectivity index (χ1n) is 9.83. The number of rotatable bonds is 6. The van der Waals surface area contributed by atoms with Gasteiger partial charge in [0.1, 0.15) is 37.2 Å². The van der Waals surface area contributed by atoms with Crippen LogP contribution in [0.5, 0.6) is 0 Å². The molecule has 1 aliphatic heterocycles. The molecule has 0 radical (unpaired) electrons. The third-order valence-corrected chi connectivity index (χ3v) is 5.50. The number of ketones is 1. The zero-order chi connectivity index (χ0) is 22.6. The van der Waals surface area contributed by atoms with E-state index in [9.17, 15) is 9.59 Å². The quantitative estimate of drug-likeness (QED) is 0.412. The van der Waals surface area contributed by atoms with Gasteiger partial charge in [-0.15, -0.1) is 0 Å². The Kier molecular flexibility index (Phi) is 6.94. The van der Waals surface area contributed by atoms with Crippen molar-refractivity contribution in [3.63, 3.8) is 0 Å². The van der Waals surface area contributed by atoms with Crippen molar-refractivity contribution in [2.24, 2.45) is 5.73 Å². The summed E-state index contributed by atoms with van der Waals surface area (Å²) in [6.45, 7) is 1.57. The molecule has 2 aromatic carbocycles. The monoisotopic (exact) mass is 438 g/mol. The number of Topliss-reactive ketones (excluding diaryl/α,β-unsaturated/α-hetero) is 1. The summed E-state index contributed by atoms with van der Waals surface area (Å²) in [4.78, 5) is 27.3. The van der Waals surface area contributed by atoms with Gasteiger partial charge in [0.25, 0.3) is 5.91 Å². The van der Waals surface area contributed by atoms with Gasteiger partial charge in [0.05, 0.1) is 5.56 Å². The van der Waals surface area contributed by atoms with Gasteiger partial charge in [-0.05, 0) is 38.4 Å². The second kappa shape index (κ2) is 9.46. The van der Waals surface area contributed by atoms with E-state index < -0.39 is 11.7 Å². The van der Waals surface area contributed by atoms with Crippen LogP contribution in [-0.2, 0) is 11.3 Å². The molecule has 3 N–H and O–H groups in total. The van der Waals surface area contributed by atoms with Gasteiger partial charge in [-0.2, -0.15) is 0 Å². The van der Waals surface area contributed by atoms with Crippen molar-refractivity contribution in [2.45, 2.75) is 6.54 Å². The number of hydrogen-bond donors (Lipinski definition) is 2. The summed E-state index contributed by atoms with van der Waals surface area (Å²) in [5.74, 6) is 4.24. The molecule has 160 valence electrons. The molecule has 0 saturated carbocycles. The average Bonchev–Trinajstić information content (AvgIpc) is 2.74. The third kappa shape index (κ3) is 5.04. The number of aliphatic hydroxyl groups is 1. The lowest BCUT2D eigenvalue weighted by atomic mass is 9.93. The second-order valence-electron chi connectivity index (χ2n) is 7.77. The van der Waals surface area contributed by atoms with Crippen molar-refractivity contribution < 1.29 is 14.7 Å². The molecule has 1 heterocycles. The molecule has 0 saturated heterocycles. The van der Waals surface area contributed by atoms with Crippen LogP contribution in [0.2, 0.25) is 5.02 Å². The number of amides is 1. The summed E-state index contributed by atoms with van der Waals surface area (Å²) in [7, 11) is 3.95. The molecule has 3 rings (SSSR count). The molecule has 0 fully saturated rings. The molecular weight excluding hydrogens is 414 g/mol.